The van der Waals surface area contributed by atoms with E-state index in [2.05, 4.69) is 54.6 Å². The van der Waals surface area contributed by atoms with Crippen molar-refractivity contribution in [1.29, 1.82) is 0 Å². The van der Waals surface area contributed by atoms with E-state index in [-0.39, 0.29) is 0 Å². The Kier molecular flexibility index (Phi) is 2.91. The monoisotopic (exact) mass is 328 g/mol. The maximum absolute atomic E-state index is 6.23. The third-order valence-corrected chi connectivity index (χ3v) is 4.79. The molecule has 0 aliphatic heterocycles. The lowest BCUT2D eigenvalue weighted by Gasteiger charge is -2.04. The van der Waals surface area contributed by atoms with Crippen LogP contribution < -0.4 is 0 Å². The van der Waals surface area contributed by atoms with Gasteiger partial charge >= 0.3 is 0 Å². The molecule has 0 aliphatic rings. The van der Waals surface area contributed by atoms with Crippen molar-refractivity contribution >= 4 is 44.3 Å². The highest BCUT2D eigenvalue weighted by Gasteiger charge is 2.14. The third-order valence-electron chi connectivity index (χ3n) is 4.54. The predicted octanol–water partition coefficient (Wildman–Crippen LogP) is 7.06. The molecule has 5 aromatic rings. The fraction of sp³-hybridized carbons (Fsp3) is 0. The van der Waals surface area contributed by atoms with Crippen LogP contribution >= 0.6 is 11.6 Å². The first-order valence-corrected chi connectivity index (χ1v) is 8.28. The van der Waals surface area contributed by atoms with Gasteiger partial charge in [0.2, 0.25) is 0 Å². The fourth-order valence-corrected chi connectivity index (χ4v) is 3.55. The largest absolute Gasteiger partial charge is 0.455 e. The van der Waals surface area contributed by atoms with Gasteiger partial charge in [-0.15, -0.1) is 0 Å². The Hall–Kier alpha value is -2.77. The van der Waals surface area contributed by atoms with Crippen molar-refractivity contribution in [2.75, 3.05) is 0 Å². The summed E-state index contributed by atoms with van der Waals surface area (Å²) in [5, 5.41) is 5.38. The second kappa shape index (κ2) is 5.12. The van der Waals surface area contributed by atoms with E-state index >= 15 is 0 Å². The zero-order valence-electron chi connectivity index (χ0n) is 12.8. The highest BCUT2D eigenvalue weighted by Crippen LogP contribution is 2.39. The van der Waals surface area contributed by atoms with E-state index in [9.17, 15) is 0 Å². The molecule has 1 heterocycles. The number of hydrogen-bond donors (Lipinski definition) is 0. The van der Waals surface area contributed by atoms with Gasteiger partial charge in [0.05, 0.1) is 0 Å². The number of rotatable bonds is 1. The van der Waals surface area contributed by atoms with Gasteiger partial charge in [0, 0.05) is 21.2 Å². The molecule has 0 unspecified atom stereocenters. The number of hydrogen-bond acceptors (Lipinski definition) is 1. The molecule has 0 fully saturated rings. The van der Waals surface area contributed by atoms with E-state index < -0.39 is 0 Å². The number of furan rings is 1. The Morgan fingerprint density at radius 3 is 2.38 bits per heavy atom. The van der Waals surface area contributed by atoms with Crippen LogP contribution in [0.15, 0.2) is 83.3 Å². The van der Waals surface area contributed by atoms with Crippen molar-refractivity contribution < 1.29 is 4.42 Å². The Morgan fingerprint density at radius 1 is 0.667 bits per heavy atom. The second-order valence-electron chi connectivity index (χ2n) is 5.95. The van der Waals surface area contributed by atoms with Crippen molar-refractivity contribution in [3.63, 3.8) is 0 Å². The molecule has 0 amide bonds. The van der Waals surface area contributed by atoms with Crippen molar-refractivity contribution in [2.45, 2.75) is 0 Å². The average Bonchev–Trinajstić information content (AvgIpc) is 3.02. The van der Waals surface area contributed by atoms with E-state index in [1.54, 1.807) is 0 Å². The normalized spacial score (nSPS) is 11.5. The first kappa shape index (κ1) is 13.6. The minimum Gasteiger partial charge on any atom is -0.455 e. The van der Waals surface area contributed by atoms with E-state index in [0.717, 1.165) is 43.5 Å². The van der Waals surface area contributed by atoms with Crippen LogP contribution in [0.4, 0.5) is 0 Å². The van der Waals surface area contributed by atoms with Gasteiger partial charge in [-0.2, -0.15) is 0 Å². The molecule has 0 atom stereocenters. The van der Waals surface area contributed by atoms with Crippen LogP contribution in [0.2, 0.25) is 5.02 Å². The molecule has 0 radical (unpaired) electrons. The Labute approximate surface area is 144 Å². The SMILES string of the molecule is Clc1ccc(-c2cccc3oc4c5ccccc5ccc4c23)cc1. The fourth-order valence-electron chi connectivity index (χ4n) is 3.42. The summed E-state index contributed by atoms with van der Waals surface area (Å²) in [4.78, 5) is 0. The van der Waals surface area contributed by atoms with Gasteiger partial charge in [-0.25, -0.2) is 0 Å². The smallest absolute Gasteiger partial charge is 0.143 e. The van der Waals surface area contributed by atoms with E-state index in [1.165, 1.54) is 5.39 Å². The summed E-state index contributed by atoms with van der Waals surface area (Å²) in [5.41, 5.74) is 4.16. The molecular weight excluding hydrogens is 316 g/mol. The van der Waals surface area contributed by atoms with Crippen LogP contribution in [0.1, 0.15) is 0 Å². The van der Waals surface area contributed by atoms with Gasteiger partial charge in [0.15, 0.2) is 0 Å². The standard InChI is InChI=1S/C22H13ClO/c23-16-11-8-15(9-12-16)17-6-3-7-20-21(17)19-13-10-14-4-1-2-5-18(14)22(19)24-20/h1-13H. The first-order valence-electron chi connectivity index (χ1n) is 7.90. The number of halogens is 1. The van der Waals surface area contributed by atoms with Crippen molar-refractivity contribution in [3.8, 4) is 11.1 Å². The van der Waals surface area contributed by atoms with Crippen LogP contribution in [-0.4, -0.2) is 0 Å². The van der Waals surface area contributed by atoms with Crippen LogP contribution in [0.3, 0.4) is 0 Å². The molecule has 24 heavy (non-hydrogen) atoms. The van der Waals surface area contributed by atoms with Gasteiger partial charge < -0.3 is 4.42 Å². The third kappa shape index (κ3) is 1.95. The maximum Gasteiger partial charge on any atom is 0.143 e. The van der Waals surface area contributed by atoms with Crippen molar-refractivity contribution in [2.24, 2.45) is 0 Å². The van der Waals surface area contributed by atoms with Gasteiger partial charge in [-0.05, 0) is 40.8 Å². The van der Waals surface area contributed by atoms with E-state index in [4.69, 9.17) is 16.0 Å². The zero-order valence-corrected chi connectivity index (χ0v) is 13.5. The first-order chi connectivity index (χ1) is 11.8. The van der Waals surface area contributed by atoms with Gasteiger partial charge in [0.1, 0.15) is 11.2 Å². The predicted molar refractivity (Wildman–Crippen MR) is 102 cm³/mol. The van der Waals surface area contributed by atoms with E-state index in [0.29, 0.717) is 0 Å². The summed E-state index contributed by atoms with van der Waals surface area (Å²) >= 11 is 6.04. The van der Waals surface area contributed by atoms with Crippen molar-refractivity contribution in [1.82, 2.24) is 0 Å². The Bertz CT molecular complexity index is 1200. The lowest BCUT2D eigenvalue weighted by atomic mass is 9.98. The minimum absolute atomic E-state index is 0.744. The van der Waals surface area contributed by atoms with Crippen LogP contribution in [0.5, 0.6) is 0 Å². The summed E-state index contributed by atoms with van der Waals surface area (Å²) in [6.45, 7) is 0. The molecule has 0 aliphatic carbocycles. The molecule has 1 aromatic heterocycles. The molecule has 5 rings (SSSR count). The summed E-state index contributed by atoms with van der Waals surface area (Å²) < 4.78 is 6.23. The molecule has 0 spiro atoms. The van der Waals surface area contributed by atoms with E-state index in [1.807, 2.05) is 24.3 Å². The lowest BCUT2D eigenvalue weighted by Crippen LogP contribution is -1.79. The molecule has 2 heteroatoms. The lowest BCUT2D eigenvalue weighted by molar-refractivity contribution is 0.673. The zero-order chi connectivity index (χ0) is 16.1. The van der Waals surface area contributed by atoms with Gasteiger partial charge in [0.25, 0.3) is 0 Å². The highest BCUT2D eigenvalue weighted by molar-refractivity contribution is 6.30. The molecule has 0 saturated heterocycles. The Morgan fingerprint density at radius 2 is 1.50 bits per heavy atom. The summed E-state index contributed by atoms with van der Waals surface area (Å²) in [7, 11) is 0. The number of benzene rings is 4. The van der Waals surface area contributed by atoms with Crippen LogP contribution in [0.25, 0.3) is 43.8 Å². The molecule has 4 aromatic carbocycles. The number of fused-ring (bicyclic) bond motifs is 5. The topological polar surface area (TPSA) is 13.1 Å². The summed E-state index contributed by atoms with van der Waals surface area (Å²) in [6.07, 6.45) is 0. The molecule has 0 N–H and O–H groups in total. The average molecular weight is 329 g/mol. The maximum atomic E-state index is 6.23. The second-order valence-corrected chi connectivity index (χ2v) is 6.39. The van der Waals surface area contributed by atoms with Crippen molar-refractivity contribution in [3.05, 3.63) is 83.9 Å². The van der Waals surface area contributed by atoms with Crippen LogP contribution in [-0.2, 0) is 0 Å². The molecule has 0 bridgehead atoms. The highest BCUT2D eigenvalue weighted by atomic mass is 35.5. The quantitative estimate of drug-likeness (QED) is 0.321. The molecular formula is C22H13ClO. The summed E-state index contributed by atoms with van der Waals surface area (Å²) in [5.74, 6) is 0. The van der Waals surface area contributed by atoms with Gasteiger partial charge in [-0.1, -0.05) is 66.2 Å². The van der Waals surface area contributed by atoms with Crippen LogP contribution in [0, 0.1) is 0 Å². The van der Waals surface area contributed by atoms with Gasteiger partial charge in [-0.3, -0.25) is 0 Å². The minimum atomic E-state index is 0.744. The molecule has 1 nitrogen and oxygen atoms in total. The molecule has 114 valence electrons. The Balaban J connectivity index is 1.92. The molecule has 0 saturated carbocycles. The summed E-state index contributed by atoms with van der Waals surface area (Å²) in [6, 6.07) is 26.8.